The highest BCUT2D eigenvalue weighted by atomic mass is 16.6. The van der Waals surface area contributed by atoms with Crippen molar-refractivity contribution in [3.8, 4) is 0 Å². The monoisotopic (exact) mass is 582 g/mol. The summed E-state index contributed by atoms with van der Waals surface area (Å²) >= 11 is 0. The van der Waals surface area contributed by atoms with E-state index >= 15 is 0 Å². The van der Waals surface area contributed by atoms with Gasteiger partial charge in [0, 0.05) is 0 Å². The average molecular weight is 583 g/mol. The number of esters is 2. The molecule has 0 aromatic heterocycles. The van der Waals surface area contributed by atoms with Crippen molar-refractivity contribution in [1.29, 1.82) is 0 Å². The lowest BCUT2D eigenvalue weighted by Crippen LogP contribution is -2.65. The molecule has 0 heterocycles. The molecule has 6 N–H and O–H groups in total. The predicted molar refractivity (Wildman–Crippen MR) is 154 cm³/mol. The zero-order chi connectivity index (χ0) is 31.0. The zero-order valence-corrected chi connectivity index (χ0v) is 22.9. The third-order valence-corrected chi connectivity index (χ3v) is 6.94. The van der Waals surface area contributed by atoms with Gasteiger partial charge in [-0.3, -0.25) is 19.2 Å². The van der Waals surface area contributed by atoms with E-state index in [4.69, 9.17) is 20.9 Å². The minimum absolute atomic E-state index is 0.442. The van der Waals surface area contributed by atoms with Gasteiger partial charge >= 0.3 is 11.9 Å². The van der Waals surface area contributed by atoms with Crippen LogP contribution in [0.15, 0.2) is 121 Å². The molecule has 4 aromatic rings. The van der Waals surface area contributed by atoms with E-state index in [-0.39, 0.29) is 0 Å². The van der Waals surface area contributed by atoms with E-state index in [0.29, 0.717) is 22.3 Å². The maximum Gasteiger partial charge on any atom is 0.331 e. The Balaban J connectivity index is 1.86. The van der Waals surface area contributed by atoms with Gasteiger partial charge in [0.1, 0.15) is 0 Å². The minimum atomic E-state index is -3.40. The van der Waals surface area contributed by atoms with E-state index in [1.54, 1.807) is 121 Å². The van der Waals surface area contributed by atoms with Crippen LogP contribution in [-0.4, -0.2) is 46.2 Å². The second-order valence-corrected chi connectivity index (χ2v) is 9.69. The SMILES string of the molecule is NC(=O)C(O)C(C(=O)OC(c1ccccc1)c1ccccc1)(C(=O)OC(c1ccccc1)c1ccccc1)C(O)C(N)=O. The molecule has 0 aliphatic carbocycles. The van der Waals surface area contributed by atoms with Gasteiger partial charge in [-0.15, -0.1) is 0 Å². The molecule has 2 unspecified atom stereocenters. The van der Waals surface area contributed by atoms with E-state index in [1.807, 2.05) is 0 Å². The standard InChI is InChI=1S/C33H30N2O8/c34-29(38)27(36)33(28(37)30(35)39,31(40)42-25(21-13-5-1-6-14-21)22-15-7-2-8-16-22)32(41)43-26(23-17-9-3-10-18-23)24-19-11-4-12-20-24/h1-20,25-28,36-37H,(H2,34,38)(H2,35,39). The number of nitrogens with two attached hydrogens (primary N) is 2. The smallest absolute Gasteiger partial charge is 0.331 e. The van der Waals surface area contributed by atoms with Crippen LogP contribution in [0.2, 0.25) is 0 Å². The molecular formula is C33H30N2O8. The van der Waals surface area contributed by atoms with Crippen molar-refractivity contribution in [3.63, 3.8) is 0 Å². The summed E-state index contributed by atoms with van der Waals surface area (Å²) in [6.07, 6.45) is -7.98. The van der Waals surface area contributed by atoms with Crippen molar-refractivity contribution in [3.05, 3.63) is 144 Å². The Morgan fingerprint density at radius 3 is 0.930 bits per heavy atom. The van der Waals surface area contributed by atoms with Crippen molar-refractivity contribution in [2.24, 2.45) is 16.9 Å². The van der Waals surface area contributed by atoms with E-state index < -0.39 is 53.6 Å². The fourth-order valence-electron chi connectivity index (χ4n) is 4.71. The molecule has 0 bridgehead atoms. The van der Waals surface area contributed by atoms with Gasteiger partial charge in [0.05, 0.1) is 0 Å². The molecule has 0 spiro atoms. The number of benzene rings is 4. The molecule has 43 heavy (non-hydrogen) atoms. The third kappa shape index (κ3) is 6.45. The summed E-state index contributed by atoms with van der Waals surface area (Å²) in [5, 5.41) is 22.1. The quantitative estimate of drug-likeness (QED) is 0.145. The molecule has 0 aliphatic heterocycles. The van der Waals surface area contributed by atoms with Gasteiger partial charge in [0.2, 0.25) is 17.2 Å². The van der Waals surface area contributed by atoms with Crippen LogP contribution in [-0.2, 0) is 28.7 Å². The van der Waals surface area contributed by atoms with Gasteiger partial charge in [-0.1, -0.05) is 121 Å². The molecule has 0 fully saturated rings. The summed E-state index contributed by atoms with van der Waals surface area (Å²) in [7, 11) is 0. The van der Waals surface area contributed by atoms with Gasteiger partial charge in [0.15, 0.2) is 24.4 Å². The number of carbonyl (C=O) groups is 4. The third-order valence-electron chi connectivity index (χ3n) is 6.94. The van der Waals surface area contributed by atoms with E-state index in [2.05, 4.69) is 0 Å². The maximum absolute atomic E-state index is 14.2. The van der Waals surface area contributed by atoms with Gasteiger partial charge in [0.25, 0.3) is 0 Å². The van der Waals surface area contributed by atoms with Gasteiger partial charge in [-0.25, -0.2) is 0 Å². The average Bonchev–Trinajstić information content (AvgIpc) is 3.04. The minimum Gasteiger partial charge on any atom is -0.452 e. The normalized spacial score (nSPS) is 12.7. The molecule has 2 amide bonds. The Bertz CT molecular complexity index is 1350. The maximum atomic E-state index is 14.2. The summed E-state index contributed by atoms with van der Waals surface area (Å²) in [6.45, 7) is 0. The number of hydrogen-bond donors (Lipinski definition) is 4. The van der Waals surface area contributed by atoms with E-state index in [9.17, 15) is 29.4 Å². The molecule has 4 rings (SSSR count). The molecule has 0 saturated heterocycles. The molecule has 0 saturated carbocycles. The van der Waals surface area contributed by atoms with E-state index in [1.165, 1.54) is 0 Å². The second-order valence-electron chi connectivity index (χ2n) is 9.69. The molecule has 0 aliphatic rings. The number of aliphatic hydroxyl groups excluding tert-OH is 2. The summed E-state index contributed by atoms with van der Waals surface area (Å²) in [4.78, 5) is 53.2. The summed E-state index contributed by atoms with van der Waals surface area (Å²) in [5.41, 5.74) is 9.12. The van der Waals surface area contributed by atoms with Crippen LogP contribution in [0.4, 0.5) is 0 Å². The first-order chi connectivity index (χ1) is 20.7. The van der Waals surface area contributed by atoms with Crippen molar-refractivity contribution < 1.29 is 38.9 Å². The number of carbonyl (C=O) groups excluding carboxylic acids is 4. The topological polar surface area (TPSA) is 179 Å². The number of ether oxygens (including phenoxy) is 2. The Morgan fingerprint density at radius 2 is 0.721 bits per heavy atom. The van der Waals surface area contributed by atoms with Crippen LogP contribution in [0.25, 0.3) is 0 Å². The zero-order valence-electron chi connectivity index (χ0n) is 22.9. The van der Waals surface area contributed by atoms with E-state index in [0.717, 1.165) is 0 Å². The molecule has 4 aromatic carbocycles. The lowest BCUT2D eigenvalue weighted by Gasteiger charge is -2.36. The van der Waals surface area contributed by atoms with Crippen LogP contribution in [0.1, 0.15) is 34.5 Å². The van der Waals surface area contributed by atoms with Crippen molar-refractivity contribution >= 4 is 23.8 Å². The molecule has 10 nitrogen and oxygen atoms in total. The number of hydrogen-bond acceptors (Lipinski definition) is 8. The van der Waals surface area contributed by atoms with Crippen molar-refractivity contribution in [2.45, 2.75) is 24.4 Å². The Kier molecular flexibility index (Phi) is 9.66. The molecule has 0 radical (unpaired) electrons. The van der Waals surface area contributed by atoms with Crippen LogP contribution >= 0.6 is 0 Å². The Hall–Kier alpha value is -5.32. The van der Waals surface area contributed by atoms with Crippen LogP contribution in [0.5, 0.6) is 0 Å². The first-order valence-corrected chi connectivity index (χ1v) is 13.2. The Labute approximate surface area is 247 Å². The molecule has 10 heteroatoms. The van der Waals surface area contributed by atoms with Gasteiger partial charge < -0.3 is 31.2 Å². The summed E-state index contributed by atoms with van der Waals surface area (Å²) in [5.74, 6) is -6.54. The van der Waals surface area contributed by atoms with Crippen LogP contribution in [0.3, 0.4) is 0 Å². The highest BCUT2D eigenvalue weighted by Crippen LogP contribution is 2.38. The first kappa shape index (κ1) is 30.6. The van der Waals surface area contributed by atoms with Crippen molar-refractivity contribution in [2.75, 3.05) is 0 Å². The largest absolute Gasteiger partial charge is 0.452 e. The fourth-order valence-corrected chi connectivity index (χ4v) is 4.71. The predicted octanol–water partition coefficient (Wildman–Crippen LogP) is 2.33. The number of rotatable bonds is 12. The molecule has 2 atom stereocenters. The highest BCUT2D eigenvalue weighted by molar-refractivity contribution is 6.10. The Morgan fingerprint density at radius 1 is 0.488 bits per heavy atom. The number of primary amides is 2. The first-order valence-electron chi connectivity index (χ1n) is 13.2. The van der Waals surface area contributed by atoms with Crippen LogP contribution < -0.4 is 11.5 Å². The van der Waals surface area contributed by atoms with Gasteiger partial charge in [-0.05, 0) is 22.3 Å². The van der Waals surface area contributed by atoms with Gasteiger partial charge in [-0.2, -0.15) is 0 Å². The lowest BCUT2D eigenvalue weighted by molar-refractivity contribution is -0.200. The van der Waals surface area contributed by atoms with Crippen molar-refractivity contribution in [1.82, 2.24) is 0 Å². The number of amides is 2. The second kappa shape index (κ2) is 13.6. The lowest BCUT2D eigenvalue weighted by atomic mass is 9.75. The number of aliphatic hydroxyl groups is 2. The highest BCUT2D eigenvalue weighted by Gasteiger charge is 2.65. The van der Waals surface area contributed by atoms with Crippen LogP contribution in [0, 0.1) is 5.41 Å². The summed E-state index contributed by atoms with van der Waals surface area (Å²) in [6, 6.07) is 33.5. The molecular weight excluding hydrogens is 552 g/mol. The molecule has 220 valence electrons. The fraction of sp³-hybridized carbons (Fsp3) is 0.152. The summed E-state index contributed by atoms with van der Waals surface area (Å²) < 4.78 is 11.5.